The van der Waals surface area contributed by atoms with Crippen LogP contribution in [0.2, 0.25) is 0 Å². The van der Waals surface area contributed by atoms with Gasteiger partial charge in [0.25, 0.3) is 0 Å². The number of rotatable bonds is 1. The monoisotopic (exact) mass is 194 g/mol. The summed E-state index contributed by atoms with van der Waals surface area (Å²) in [6, 6.07) is 2.58. The second-order valence-electron chi connectivity index (χ2n) is 4.40. The van der Waals surface area contributed by atoms with Crippen LogP contribution in [-0.4, -0.2) is 26.3 Å². The van der Waals surface area contributed by atoms with Gasteiger partial charge in [-0.3, -0.25) is 0 Å². The molecule has 0 aromatic carbocycles. The number of nitrogens with zero attached hydrogens (tertiary/aromatic N) is 1. The van der Waals surface area contributed by atoms with Crippen LogP contribution >= 0.6 is 0 Å². The summed E-state index contributed by atoms with van der Waals surface area (Å²) in [6.45, 7) is 3.71. The van der Waals surface area contributed by atoms with Crippen molar-refractivity contribution in [2.45, 2.75) is 25.7 Å². The van der Waals surface area contributed by atoms with Gasteiger partial charge >= 0.3 is 0 Å². The summed E-state index contributed by atoms with van der Waals surface area (Å²) >= 11 is 0. The Morgan fingerprint density at radius 3 is 2.43 bits per heavy atom. The largest absolute Gasteiger partial charge is 0.381 e. The zero-order valence-electron chi connectivity index (χ0n) is 8.59. The lowest BCUT2D eigenvalue weighted by molar-refractivity contribution is 0.00566. The van der Waals surface area contributed by atoms with Gasteiger partial charge in [0.1, 0.15) is 0 Å². The van der Waals surface area contributed by atoms with E-state index in [1.54, 1.807) is 0 Å². The van der Waals surface area contributed by atoms with E-state index in [-0.39, 0.29) is 5.41 Å². The van der Waals surface area contributed by atoms with Crippen molar-refractivity contribution in [1.29, 1.82) is 5.26 Å². The normalized spacial score (nSPS) is 28.2. The summed E-state index contributed by atoms with van der Waals surface area (Å²) in [7, 11) is 0. The first kappa shape index (κ1) is 9.95. The van der Waals surface area contributed by atoms with E-state index in [4.69, 9.17) is 4.74 Å². The van der Waals surface area contributed by atoms with Crippen molar-refractivity contribution < 1.29 is 4.74 Å². The summed E-state index contributed by atoms with van der Waals surface area (Å²) in [6.07, 6.45) is 4.20. The fraction of sp³-hybridized carbons (Fsp3) is 0.909. The van der Waals surface area contributed by atoms with E-state index in [1.807, 2.05) is 0 Å². The number of piperidine rings is 1. The van der Waals surface area contributed by atoms with Gasteiger partial charge < -0.3 is 10.1 Å². The molecule has 0 unspecified atom stereocenters. The Morgan fingerprint density at radius 2 is 1.86 bits per heavy atom. The summed E-state index contributed by atoms with van der Waals surface area (Å²) in [5.74, 6) is 0.595. The number of hydrogen-bond donors (Lipinski definition) is 1. The summed E-state index contributed by atoms with van der Waals surface area (Å²) in [5.41, 5.74) is -0.0691. The molecule has 2 aliphatic rings. The van der Waals surface area contributed by atoms with E-state index in [1.165, 1.54) is 0 Å². The maximum Gasteiger partial charge on any atom is 0.0694 e. The molecule has 78 valence electrons. The van der Waals surface area contributed by atoms with Crippen LogP contribution < -0.4 is 5.32 Å². The Labute approximate surface area is 85.4 Å². The van der Waals surface area contributed by atoms with Crippen molar-refractivity contribution in [3.63, 3.8) is 0 Å². The van der Waals surface area contributed by atoms with Crippen LogP contribution in [0.4, 0.5) is 0 Å². The molecule has 0 atom stereocenters. The quantitative estimate of drug-likeness (QED) is 0.684. The minimum absolute atomic E-state index is 0.0691. The lowest BCUT2D eigenvalue weighted by atomic mass is 9.67. The second kappa shape index (κ2) is 4.29. The molecule has 0 amide bonds. The first-order valence-electron chi connectivity index (χ1n) is 5.57. The van der Waals surface area contributed by atoms with E-state index >= 15 is 0 Å². The molecule has 2 heterocycles. The van der Waals surface area contributed by atoms with Gasteiger partial charge in [-0.2, -0.15) is 5.26 Å². The van der Waals surface area contributed by atoms with Gasteiger partial charge in [-0.25, -0.2) is 0 Å². The zero-order valence-corrected chi connectivity index (χ0v) is 8.59. The predicted octanol–water partition coefficient (Wildman–Crippen LogP) is 1.31. The van der Waals surface area contributed by atoms with Gasteiger partial charge in [-0.05, 0) is 44.7 Å². The number of ether oxygens (including phenoxy) is 1. The van der Waals surface area contributed by atoms with Gasteiger partial charge in [0.2, 0.25) is 0 Å². The Balaban J connectivity index is 2.06. The molecule has 0 saturated carbocycles. The standard InChI is InChI=1S/C11H18N2O/c12-9-11(3-7-14-8-4-11)10-1-5-13-6-2-10/h10,13H,1-8H2. The summed E-state index contributed by atoms with van der Waals surface area (Å²) in [4.78, 5) is 0. The Bertz CT molecular complexity index is 222. The van der Waals surface area contributed by atoms with E-state index in [2.05, 4.69) is 11.4 Å². The van der Waals surface area contributed by atoms with Gasteiger partial charge in [0.15, 0.2) is 0 Å². The highest BCUT2D eigenvalue weighted by atomic mass is 16.5. The highest BCUT2D eigenvalue weighted by molar-refractivity contribution is 5.05. The van der Waals surface area contributed by atoms with Crippen LogP contribution in [-0.2, 0) is 4.74 Å². The molecule has 14 heavy (non-hydrogen) atoms. The number of nitrogens with one attached hydrogen (secondary N) is 1. The third-order valence-electron chi connectivity index (χ3n) is 3.73. The Morgan fingerprint density at radius 1 is 1.21 bits per heavy atom. The highest BCUT2D eigenvalue weighted by Gasteiger charge is 2.40. The predicted molar refractivity (Wildman–Crippen MR) is 53.7 cm³/mol. The molecule has 1 N–H and O–H groups in total. The molecule has 2 rings (SSSR count). The third kappa shape index (κ3) is 1.77. The average molecular weight is 194 g/mol. The van der Waals surface area contributed by atoms with Crippen LogP contribution in [0.1, 0.15) is 25.7 Å². The maximum atomic E-state index is 9.37. The van der Waals surface area contributed by atoms with E-state index in [9.17, 15) is 5.26 Å². The molecule has 0 aromatic rings. The number of nitriles is 1. The van der Waals surface area contributed by atoms with Crippen LogP contribution in [0.25, 0.3) is 0 Å². The smallest absolute Gasteiger partial charge is 0.0694 e. The van der Waals surface area contributed by atoms with E-state index in [0.29, 0.717) is 5.92 Å². The SMILES string of the molecule is N#CC1(C2CCNCC2)CCOCC1. The zero-order chi connectivity index (χ0) is 9.86. The van der Waals surface area contributed by atoms with Crippen molar-refractivity contribution in [3.05, 3.63) is 0 Å². The van der Waals surface area contributed by atoms with Crippen molar-refractivity contribution in [2.75, 3.05) is 26.3 Å². The van der Waals surface area contributed by atoms with Crippen molar-refractivity contribution in [3.8, 4) is 6.07 Å². The average Bonchev–Trinajstić information content (AvgIpc) is 2.31. The number of hydrogen-bond acceptors (Lipinski definition) is 3. The first-order valence-corrected chi connectivity index (χ1v) is 5.57. The van der Waals surface area contributed by atoms with E-state index in [0.717, 1.165) is 52.0 Å². The molecular formula is C11H18N2O. The van der Waals surface area contributed by atoms with E-state index < -0.39 is 0 Å². The first-order chi connectivity index (χ1) is 6.87. The minimum Gasteiger partial charge on any atom is -0.381 e. The lowest BCUT2D eigenvalue weighted by Crippen LogP contribution is -2.41. The van der Waals surface area contributed by atoms with Gasteiger partial charge in [0.05, 0.1) is 11.5 Å². The molecule has 0 radical (unpaired) electrons. The van der Waals surface area contributed by atoms with Crippen molar-refractivity contribution in [1.82, 2.24) is 5.32 Å². The van der Waals surface area contributed by atoms with Gasteiger partial charge in [-0.15, -0.1) is 0 Å². The molecule has 0 aliphatic carbocycles. The maximum absolute atomic E-state index is 9.37. The lowest BCUT2D eigenvalue weighted by Gasteiger charge is -2.40. The highest BCUT2D eigenvalue weighted by Crippen LogP contribution is 2.41. The molecule has 3 heteroatoms. The summed E-state index contributed by atoms with van der Waals surface area (Å²) in [5, 5.41) is 12.7. The topological polar surface area (TPSA) is 45.0 Å². The van der Waals surface area contributed by atoms with Crippen LogP contribution in [0.5, 0.6) is 0 Å². The van der Waals surface area contributed by atoms with Crippen LogP contribution in [0.3, 0.4) is 0 Å². The molecule has 0 bridgehead atoms. The second-order valence-corrected chi connectivity index (χ2v) is 4.40. The van der Waals surface area contributed by atoms with Crippen LogP contribution in [0, 0.1) is 22.7 Å². The molecule has 0 aromatic heterocycles. The third-order valence-corrected chi connectivity index (χ3v) is 3.73. The fourth-order valence-corrected chi connectivity index (χ4v) is 2.72. The summed E-state index contributed by atoms with van der Waals surface area (Å²) < 4.78 is 5.35. The van der Waals surface area contributed by atoms with Crippen molar-refractivity contribution >= 4 is 0 Å². The Hall–Kier alpha value is -0.590. The van der Waals surface area contributed by atoms with Crippen molar-refractivity contribution in [2.24, 2.45) is 11.3 Å². The molecule has 3 nitrogen and oxygen atoms in total. The molecule has 2 fully saturated rings. The molecule has 2 saturated heterocycles. The molecule has 0 spiro atoms. The van der Waals surface area contributed by atoms with Gasteiger partial charge in [-0.1, -0.05) is 0 Å². The fourth-order valence-electron chi connectivity index (χ4n) is 2.72. The minimum atomic E-state index is -0.0691. The van der Waals surface area contributed by atoms with Crippen LogP contribution in [0.15, 0.2) is 0 Å². The molecule has 2 aliphatic heterocycles. The van der Waals surface area contributed by atoms with Gasteiger partial charge in [0, 0.05) is 13.2 Å². The molecular weight excluding hydrogens is 176 g/mol. The Kier molecular flexibility index (Phi) is 3.05.